The third-order valence-electron chi connectivity index (χ3n) is 11.5. The third-order valence-corrected chi connectivity index (χ3v) is 11.5. The lowest BCUT2D eigenvalue weighted by atomic mass is 9.95. The quantitative estimate of drug-likeness (QED) is 0.0691. The Morgan fingerprint density at radius 1 is 0.354 bits per heavy atom. The molecular formula is C54H58O11. The van der Waals surface area contributed by atoms with E-state index in [-0.39, 0.29) is 39.6 Å². The van der Waals surface area contributed by atoms with Gasteiger partial charge in [0.05, 0.1) is 52.9 Å². The van der Waals surface area contributed by atoms with Crippen molar-refractivity contribution in [3.8, 4) is 0 Å². The number of aliphatic hydroxyl groups excluding tert-OH is 2. The molecular weight excluding hydrogens is 825 g/mol. The lowest BCUT2D eigenvalue weighted by Crippen LogP contribution is -2.66. The molecule has 10 atom stereocenters. The zero-order valence-corrected chi connectivity index (χ0v) is 36.3. The Kier molecular flexibility index (Phi) is 17.4. The second-order valence-electron chi connectivity index (χ2n) is 16.2. The first-order valence-corrected chi connectivity index (χ1v) is 22.3. The second kappa shape index (κ2) is 24.4. The van der Waals surface area contributed by atoms with Crippen molar-refractivity contribution in [3.63, 3.8) is 0 Å². The predicted molar refractivity (Wildman–Crippen MR) is 243 cm³/mol. The highest BCUT2D eigenvalue weighted by atomic mass is 16.7. The van der Waals surface area contributed by atoms with Gasteiger partial charge in [0.15, 0.2) is 12.6 Å². The Labute approximate surface area is 381 Å². The van der Waals surface area contributed by atoms with Crippen molar-refractivity contribution in [2.24, 2.45) is 0 Å². The van der Waals surface area contributed by atoms with Gasteiger partial charge in [0.25, 0.3) is 0 Å². The van der Waals surface area contributed by atoms with Crippen molar-refractivity contribution in [2.75, 3.05) is 13.2 Å². The van der Waals surface area contributed by atoms with E-state index in [0.717, 1.165) is 33.4 Å². The Morgan fingerprint density at radius 3 is 1.09 bits per heavy atom. The first kappa shape index (κ1) is 46.4. The largest absolute Gasteiger partial charge is 0.394 e. The Balaban J connectivity index is 1.16. The lowest BCUT2D eigenvalue weighted by Gasteiger charge is -2.49. The van der Waals surface area contributed by atoms with Crippen LogP contribution >= 0.6 is 0 Å². The summed E-state index contributed by atoms with van der Waals surface area (Å²) in [5.74, 6) is 0. The molecule has 2 aliphatic heterocycles. The molecule has 0 aliphatic carbocycles. The van der Waals surface area contributed by atoms with Crippen LogP contribution in [0.3, 0.4) is 0 Å². The van der Waals surface area contributed by atoms with Crippen LogP contribution in [0.5, 0.6) is 0 Å². The first-order valence-electron chi connectivity index (χ1n) is 22.3. The van der Waals surface area contributed by atoms with Gasteiger partial charge >= 0.3 is 0 Å². The number of benzene rings is 6. The van der Waals surface area contributed by atoms with Crippen molar-refractivity contribution in [1.82, 2.24) is 0 Å². The number of rotatable bonds is 22. The summed E-state index contributed by atoms with van der Waals surface area (Å²) in [5, 5.41) is 22.5. The fraction of sp³-hybridized carbons (Fsp3) is 0.333. The predicted octanol–water partition coefficient (Wildman–Crippen LogP) is 7.95. The number of aliphatic hydroxyl groups is 2. The molecule has 8 rings (SSSR count). The minimum absolute atomic E-state index is 0.116. The molecule has 65 heavy (non-hydrogen) atoms. The molecule has 0 aromatic heterocycles. The van der Waals surface area contributed by atoms with Crippen LogP contribution in [0.4, 0.5) is 0 Å². The fourth-order valence-corrected chi connectivity index (χ4v) is 8.12. The minimum atomic E-state index is -1.45. The Hall–Kier alpha value is -5.12. The van der Waals surface area contributed by atoms with Gasteiger partial charge in [-0.25, -0.2) is 0 Å². The molecule has 0 amide bonds. The lowest BCUT2D eigenvalue weighted by molar-refractivity contribution is -0.373. The van der Waals surface area contributed by atoms with E-state index in [1.807, 2.05) is 182 Å². The smallest absolute Gasteiger partial charge is 0.187 e. The van der Waals surface area contributed by atoms with Gasteiger partial charge < -0.3 is 52.8 Å². The zero-order valence-electron chi connectivity index (χ0n) is 36.3. The molecule has 0 radical (unpaired) electrons. The molecule has 0 saturated carbocycles. The van der Waals surface area contributed by atoms with E-state index in [9.17, 15) is 10.2 Å². The van der Waals surface area contributed by atoms with Gasteiger partial charge in [-0.2, -0.15) is 0 Å². The molecule has 6 aromatic rings. The van der Waals surface area contributed by atoms with Gasteiger partial charge in [-0.3, -0.25) is 0 Å². The minimum Gasteiger partial charge on any atom is -0.394 e. The topological polar surface area (TPSA) is 124 Å². The van der Waals surface area contributed by atoms with E-state index in [1.165, 1.54) is 0 Å². The molecule has 0 spiro atoms. The molecule has 11 nitrogen and oxygen atoms in total. The summed E-state index contributed by atoms with van der Waals surface area (Å²) >= 11 is 0. The highest BCUT2D eigenvalue weighted by Gasteiger charge is 2.54. The molecule has 6 aromatic carbocycles. The zero-order chi connectivity index (χ0) is 44.5. The van der Waals surface area contributed by atoms with E-state index in [0.29, 0.717) is 6.61 Å². The van der Waals surface area contributed by atoms with Crippen LogP contribution in [0.15, 0.2) is 182 Å². The van der Waals surface area contributed by atoms with Crippen LogP contribution in [-0.4, -0.2) is 84.8 Å². The van der Waals surface area contributed by atoms with Crippen LogP contribution < -0.4 is 0 Å². The third kappa shape index (κ3) is 13.3. The summed E-state index contributed by atoms with van der Waals surface area (Å²) in [4.78, 5) is 0. The maximum Gasteiger partial charge on any atom is 0.187 e. The van der Waals surface area contributed by atoms with Crippen molar-refractivity contribution < 1.29 is 52.8 Å². The summed E-state index contributed by atoms with van der Waals surface area (Å²) in [6, 6.07) is 59.0. The van der Waals surface area contributed by atoms with E-state index in [1.54, 1.807) is 0 Å². The SMILES string of the molecule is OC[C@H]1O[C@@H](O)[C@H](OCc2ccccc2)[C@@H](OCc2ccccc2)[C@H]1OC1O[C@H](COCc2ccccc2)[C@H](OCc2ccccc2)[C@H](OCc2ccccc2)[C@H]1OCc1ccccc1. The van der Waals surface area contributed by atoms with E-state index in [2.05, 4.69) is 0 Å². The average Bonchev–Trinajstić information content (AvgIpc) is 3.36. The van der Waals surface area contributed by atoms with E-state index in [4.69, 9.17) is 42.6 Å². The van der Waals surface area contributed by atoms with Crippen LogP contribution in [0.2, 0.25) is 0 Å². The molecule has 2 heterocycles. The highest BCUT2D eigenvalue weighted by molar-refractivity contribution is 5.18. The number of ether oxygens (including phenoxy) is 9. The van der Waals surface area contributed by atoms with Gasteiger partial charge in [0, 0.05) is 0 Å². The van der Waals surface area contributed by atoms with Crippen LogP contribution in [0.25, 0.3) is 0 Å². The standard InChI is InChI=1S/C54H58O11/c55-31-45-48(50(60-35-42-25-13-4-14-26-42)51(53(56)63-45)61-36-43-27-15-5-16-28-43)65-54-52(62-37-44-29-17-6-18-30-44)49(59-34-41-23-11-3-12-24-41)47(58-33-40-21-9-2-10-22-40)46(64-54)38-57-32-39-19-7-1-8-20-39/h1-30,45-56H,31-38H2/t45-,46-,47+,48+,49+,50+,51-,52-,53-,54?/m1/s1. The van der Waals surface area contributed by atoms with E-state index >= 15 is 0 Å². The molecule has 2 N–H and O–H groups in total. The molecule has 2 fully saturated rings. The molecule has 340 valence electrons. The first-order chi connectivity index (χ1) is 32.1. The molecule has 11 heteroatoms. The van der Waals surface area contributed by atoms with Crippen molar-refractivity contribution in [1.29, 1.82) is 0 Å². The van der Waals surface area contributed by atoms with E-state index < -0.39 is 68.0 Å². The summed E-state index contributed by atoms with van der Waals surface area (Å²) < 4.78 is 60.5. The second-order valence-corrected chi connectivity index (χ2v) is 16.2. The molecule has 0 bridgehead atoms. The van der Waals surface area contributed by atoms with Crippen molar-refractivity contribution in [2.45, 2.75) is 101 Å². The Bertz CT molecular complexity index is 2210. The van der Waals surface area contributed by atoms with Crippen LogP contribution in [0.1, 0.15) is 33.4 Å². The maximum absolute atomic E-state index is 11.5. The normalized spacial score (nSPS) is 25.6. The molecule has 1 unspecified atom stereocenters. The van der Waals surface area contributed by atoms with Crippen LogP contribution in [0, 0.1) is 0 Å². The van der Waals surface area contributed by atoms with Gasteiger partial charge in [0.2, 0.25) is 0 Å². The maximum atomic E-state index is 11.5. The molecule has 2 aliphatic rings. The number of hydrogen-bond acceptors (Lipinski definition) is 11. The summed E-state index contributed by atoms with van der Waals surface area (Å²) in [6.07, 6.45) is -9.81. The van der Waals surface area contributed by atoms with Gasteiger partial charge in [0.1, 0.15) is 48.8 Å². The van der Waals surface area contributed by atoms with Gasteiger partial charge in [-0.15, -0.1) is 0 Å². The van der Waals surface area contributed by atoms with Crippen LogP contribution in [-0.2, 0) is 82.3 Å². The molecule has 2 saturated heterocycles. The van der Waals surface area contributed by atoms with Gasteiger partial charge in [-0.05, 0) is 33.4 Å². The summed E-state index contributed by atoms with van der Waals surface area (Å²) in [7, 11) is 0. The highest BCUT2D eigenvalue weighted by Crippen LogP contribution is 2.36. The Morgan fingerprint density at radius 2 is 0.692 bits per heavy atom. The summed E-state index contributed by atoms with van der Waals surface area (Å²) in [5.41, 5.74) is 5.66. The van der Waals surface area contributed by atoms with Gasteiger partial charge in [-0.1, -0.05) is 182 Å². The monoisotopic (exact) mass is 882 g/mol. The van der Waals surface area contributed by atoms with Crippen molar-refractivity contribution >= 4 is 0 Å². The van der Waals surface area contributed by atoms with Crippen molar-refractivity contribution in [3.05, 3.63) is 215 Å². The number of hydrogen-bond donors (Lipinski definition) is 2. The average molecular weight is 883 g/mol. The summed E-state index contributed by atoms with van der Waals surface area (Å²) in [6.45, 7) is 0.970. The fourth-order valence-electron chi connectivity index (χ4n) is 8.12.